The highest BCUT2D eigenvalue weighted by Crippen LogP contribution is 2.25. The Morgan fingerprint density at radius 3 is 1.40 bits per heavy atom. The first-order chi connectivity index (χ1) is 12.3. The van der Waals surface area contributed by atoms with Gasteiger partial charge in [0.25, 0.3) is 0 Å². The van der Waals surface area contributed by atoms with Crippen molar-refractivity contribution in [2.75, 3.05) is 0 Å². The van der Waals surface area contributed by atoms with Crippen LogP contribution < -0.4 is 0 Å². The number of halogens is 1. The number of aromatic nitrogens is 3. The molecule has 4 rings (SSSR count). The maximum atomic E-state index is 4.70. The fourth-order valence-electron chi connectivity index (χ4n) is 2.57. The Balaban J connectivity index is 1.92. The summed E-state index contributed by atoms with van der Waals surface area (Å²) in [4.78, 5) is 14.1. The van der Waals surface area contributed by atoms with Crippen LogP contribution in [0.5, 0.6) is 0 Å². The van der Waals surface area contributed by atoms with E-state index < -0.39 is 0 Å². The first-order valence-corrected chi connectivity index (χ1v) is 8.72. The molecule has 25 heavy (non-hydrogen) atoms. The molecule has 0 saturated heterocycles. The summed E-state index contributed by atoms with van der Waals surface area (Å²) in [6.07, 6.45) is 0. The molecule has 4 heteroatoms. The first kappa shape index (κ1) is 15.7. The average Bonchev–Trinajstić information content (AvgIpc) is 2.69. The zero-order chi connectivity index (χ0) is 17.1. The Hall–Kier alpha value is -2.85. The lowest BCUT2D eigenvalue weighted by atomic mass is 10.1. The molecule has 4 aromatic rings. The third kappa shape index (κ3) is 3.49. The molecule has 0 amide bonds. The van der Waals surface area contributed by atoms with Gasteiger partial charge >= 0.3 is 0 Å². The van der Waals surface area contributed by atoms with Crippen LogP contribution in [0.1, 0.15) is 0 Å². The van der Waals surface area contributed by atoms with Gasteiger partial charge in [-0.3, -0.25) is 0 Å². The van der Waals surface area contributed by atoms with Crippen LogP contribution in [0.2, 0.25) is 0 Å². The molecule has 3 aromatic carbocycles. The van der Waals surface area contributed by atoms with Crippen LogP contribution in [0.25, 0.3) is 34.2 Å². The van der Waals surface area contributed by atoms with Crippen LogP contribution >= 0.6 is 15.9 Å². The SMILES string of the molecule is Brc1cccc(-c2nc(-c3ccccc3)nc(-c3ccccc3)n2)c1. The molecular weight excluding hydrogens is 374 g/mol. The van der Waals surface area contributed by atoms with E-state index in [1.54, 1.807) is 0 Å². The summed E-state index contributed by atoms with van der Waals surface area (Å²) in [5.41, 5.74) is 2.89. The van der Waals surface area contributed by atoms with Gasteiger partial charge in [-0.2, -0.15) is 0 Å². The molecule has 0 aliphatic heterocycles. The quantitative estimate of drug-likeness (QED) is 0.456. The molecule has 0 unspecified atom stereocenters. The van der Waals surface area contributed by atoms with Crippen molar-refractivity contribution in [2.24, 2.45) is 0 Å². The smallest absolute Gasteiger partial charge is 0.164 e. The topological polar surface area (TPSA) is 38.7 Å². The molecule has 0 aliphatic carbocycles. The van der Waals surface area contributed by atoms with Gasteiger partial charge in [-0.1, -0.05) is 88.7 Å². The Morgan fingerprint density at radius 1 is 0.480 bits per heavy atom. The fraction of sp³-hybridized carbons (Fsp3) is 0. The van der Waals surface area contributed by atoms with Crippen LogP contribution in [0.3, 0.4) is 0 Å². The minimum Gasteiger partial charge on any atom is -0.208 e. The maximum Gasteiger partial charge on any atom is 0.164 e. The van der Waals surface area contributed by atoms with Gasteiger partial charge < -0.3 is 0 Å². The van der Waals surface area contributed by atoms with E-state index in [1.807, 2.05) is 84.9 Å². The molecule has 0 atom stereocenters. The lowest BCUT2D eigenvalue weighted by Gasteiger charge is -2.08. The van der Waals surface area contributed by atoms with Gasteiger partial charge in [0.1, 0.15) is 0 Å². The van der Waals surface area contributed by atoms with Crippen LogP contribution in [-0.4, -0.2) is 15.0 Å². The molecule has 0 aliphatic rings. The molecule has 1 aromatic heterocycles. The Bertz CT molecular complexity index is 944. The van der Waals surface area contributed by atoms with E-state index in [0.717, 1.165) is 21.2 Å². The largest absolute Gasteiger partial charge is 0.208 e. The van der Waals surface area contributed by atoms with Gasteiger partial charge in [0.2, 0.25) is 0 Å². The van der Waals surface area contributed by atoms with Crippen molar-refractivity contribution < 1.29 is 0 Å². The second kappa shape index (κ2) is 6.95. The lowest BCUT2D eigenvalue weighted by molar-refractivity contribution is 1.07. The van der Waals surface area contributed by atoms with E-state index in [4.69, 9.17) is 9.97 Å². The zero-order valence-electron chi connectivity index (χ0n) is 13.3. The summed E-state index contributed by atoms with van der Waals surface area (Å²) in [5.74, 6) is 2.00. The van der Waals surface area contributed by atoms with Gasteiger partial charge in [0, 0.05) is 21.2 Å². The highest BCUT2D eigenvalue weighted by atomic mass is 79.9. The van der Waals surface area contributed by atoms with Gasteiger partial charge in [0.15, 0.2) is 17.5 Å². The Labute approximate surface area is 154 Å². The van der Waals surface area contributed by atoms with Crippen molar-refractivity contribution in [3.8, 4) is 34.2 Å². The number of hydrogen-bond donors (Lipinski definition) is 0. The van der Waals surface area contributed by atoms with E-state index in [9.17, 15) is 0 Å². The predicted octanol–water partition coefficient (Wildman–Crippen LogP) is 5.64. The molecule has 0 fully saturated rings. The molecule has 0 N–H and O–H groups in total. The van der Waals surface area contributed by atoms with Crippen LogP contribution in [0.4, 0.5) is 0 Å². The highest BCUT2D eigenvalue weighted by Gasteiger charge is 2.11. The third-order valence-corrected chi connectivity index (χ3v) is 4.28. The van der Waals surface area contributed by atoms with Gasteiger partial charge in [-0.25, -0.2) is 15.0 Å². The molecular formula is C21H14BrN3. The second-order valence-electron chi connectivity index (χ2n) is 5.55. The molecule has 0 saturated carbocycles. The molecule has 3 nitrogen and oxygen atoms in total. The summed E-state index contributed by atoms with van der Waals surface area (Å²) in [6.45, 7) is 0. The van der Waals surface area contributed by atoms with Crippen molar-refractivity contribution in [3.05, 3.63) is 89.4 Å². The molecule has 0 bridgehead atoms. The number of rotatable bonds is 3. The van der Waals surface area contributed by atoms with E-state index in [2.05, 4.69) is 20.9 Å². The fourth-order valence-corrected chi connectivity index (χ4v) is 2.96. The van der Waals surface area contributed by atoms with Crippen LogP contribution in [0, 0.1) is 0 Å². The van der Waals surface area contributed by atoms with Crippen molar-refractivity contribution in [2.45, 2.75) is 0 Å². The van der Waals surface area contributed by atoms with Crippen LogP contribution in [0.15, 0.2) is 89.4 Å². The van der Waals surface area contributed by atoms with Crippen molar-refractivity contribution >= 4 is 15.9 Å². The van der Waals surface area contributed by atoms with Crippen LogP contribution in [-0.2, 0) is 0 Å². The van der Waals surface area contributed by atoms with Crippen molar-refractivity contribution in [3.63, 3.8) is 0 Å². The number of benzene rings is 3. The van der Waals surface area contributed by atoms with Gasteiger partial charge in [-0.05, 0) is 12.1 Å². The van der Waals surface area contributed by atoms with E-state index >= 15 is 0 Å². The normalized spacial score (nSPS) is 10.6. The zero-order valence-corrected chi connectivity index (χ0v) is 14.9. The molecule has 0 radical (unpaired) electrons. The van der Waals surface area contributed by atoms with E-state index in [0.29, 0.717) is 17.5 Å². The molecule has 1 heterocycles. The summed E-state index contributed by atoms with van der Waals surface area (Å²) in [5, 5.41) is 0. The Morgan fingerprint density at radius 2 is 0.920 bits per heavy atom. The van der Waals surface area contributed by atoms with Crippen molar-refractivity contribution in [1.82, 2.24) is 15.0 Å². The average molecular weight is 388 g/mol. The molecule has 0 spiro atoms. The summed E-state index contributed by atoms with van der Waals surface area (Å²) in [7, 11) is 0. The summed E-state index contributed by atoms with van der Waals surface area (Å²) < 4.78 is 0.993. The van der Waals surface area contributed by atoms with Crippen molar-refractivity contribution in [1.29, 1.82) is 0 Å². The standard InChI is InChI=1S/C21H14BrN3/c22-18-13-7-12-17(14-18)21-24-19(15-8-3-1-4-9-15)23-20(25-21)16-10-5-2-6-11-16/h1-14H. The monoisotopic (exact) mass is 387 g/mol. The second-order valence-corrected chi connectivity index (χ2v) is 6.46. The third-order valence-electron chi connectivity index (χ3n) is 3.78. The first-order valence-electron chi connectivity index (χ1n) is 7.92. The highest BCUT2D eigenvalue weighted by molar-refractivity contribution is 9.10. The lowest BCUT2D eigenvalue weighted by Crippen LogP contribution is -2.00. The number of hydrogen-bond acceptors (Lipinski definition) is 3. The minimum absolute atomic E-state index is 0.661. The summed E-state index contributed by atoms with van der Waals surface area (Å²) in [6, 6.07) is 27.9. The Kier molecular flexibility index (Phi) is 4.36. The maximum absolute atomic E-state index is 4.70. The number of nitrogens with zero attached hydrogens (tertiary/aromatic N) is 3. The molecule has 120 valence electrons. The minimum atomic E-state index is 0.661. The summed E-state index contributed by atoms with van der Waals surface area (Å²) >= 11 is 3.52. The predicted molar refractivity (Wildman–Crippen MR) is 104 cm³/mol. The van der Waals surface area contributed by atoms with Gasteiger partial charge in [-0.15, -0.1) is 0 Å². The van der Waals surface area contributed by atoms with Gasteiger partial charge in [0.05, 0.1) is 0 Å². The van der Waals surface area contributed by atoms with E-state index in [1.165, 1.54) is 0 Å². The van der Waals surface area contributed by atoms with E-state index in [-0.39, 0.29) is 0 Å².